The van der Waals surface area contributed by atoms with Crippen molar-refractivity contribution in [3.05, 3.63) is 66.2 Å². The van der Waals surface area contributed by atoms with Gasteiger partial charge in [-0.1, -0.05) is 24.3 Å². The Balaban J connectivity index is 1.34. The number of anilines is 1. The number of aromatic nitrogens is 1. The van der Waals surface area contributed by atoms with Crippen LogP contribution >= 0.6 is 0 Å². The summed E-state index contributed by atoms with van der Waals surface area (Å²) < 4.78 is 35.0. The molecule has 1 atom stereocenters. The van der Waals surface area contributed by atoms with Gasteiger partial charge >= 0.3 is 6.03 Å². The molecule has 33 heavy (non-hydrogen) atoms. The fourth-order valence-corrected chi connectivity index (χ4v) is 4.14. The van der Waals surface area contributed by atoms with Crippen LogP contribution in [-0.4, -0.2) is 60.0 Å². The second-order valence-electron chi connectivity index (χ2n) is 8.14. The summed E-state index contributed by atoms with van der Waals surface area (Å²) in [5.41, 5.74) is 1.57. The first-order valence-electron chi connectivity index (χ1n) is 10.8. The Bertz CT molecular complexity index is 1220. The molecule has 3 amide bonds. The van der Waals surface area contributed by atoms with E-state index in [1.165, 1.54) is 4.90 Å². The van der Waals surface area contributed by atoms with Gasteiger partial charge in [-0.05, 0) is 30.3 Å². The summed E-state index contributed by atoms with van der Waals surface area (Å²) in [7, 11) is 0. The number of piperidine rings is 1. The molecule has 2 aliphatic rings. The van der Waals surface area contributed by atoms with Crippen molar-refractivity contribution in [2.45, 2.75) is 18.4 Å². The van der Waals surface area contributed by atoms with Crippen LogP contribution in [0.2, 0.25) is 0 Å². The zero-order chi connectivity index (χ0) is 23.0. The normalized spacial score (nSPS) is 20.1. The summed E-state index contributed by atoms with van der Waals surface area (Å²) in [4.78, 5) is 32.3. The zero-order valence-electron chi connectivity index (χ0n) is 17.7. The highest BCUT2D eigenvalue weighted by atomic mass is 19.3. The molecule has 9 heteroatoms. The van der Waals surface area contributed by atoms with Crippen LogP contribution in [0.15, 0.2) is 60.7 Å². The zero-order valence-corrected chi connectivity index (χ0v) is 17.7. The van der Waals surface area contributed by atoms with E-state index in [9.17, 15) is 18.4 Å². The highest BCUT2D eigenvalue weighted by Gasteiger charge is 2.47. The number of likely N-dealkylation sites (tertiary alicyclic amines) is 1. The number of nitrogens with zero attached hydrogens (tertiary/aromatic N) is 3. The molecule has 0 bridgehead atoms. The smallest absolute Gasteiger partial charge is 0.321 e. The Morgan fingerprint density at radius 3 is 2.76 bits per heavy atom. The lowest BCUT2D eigenvalue weighted by molar-refractivity contribution is -0.131. The lowest BCUT2D eigenvalue weighted by Gasteiger charge is -2.38. The number of alkyl halides is 2. The van der Waals surface area contributed by atoms with Crippen LogP contribution in [0.5, 0.6) is 5.88 Å². The predicted molar refractivity (Wildman–Crippen MR) is 119 cm³/mol. The topological polar surface area (TPSA) is 74.8 Å². The highest BCUT2D eigenvalue weighted by Crippen LogP contribution is 2.32. The minimum atomic E-state index is -3.10. The number of benzene rings is 2. The SMILES string of the molecule is O=C(c1cccc(N2CCNC2=O)c1)N1CCC(F)(F)C(Oc2ccc3ccccc3n2)C1. The van der Waals surface area contributed by atoms with Gasteiger partial charge in [-0.2, -0.15) is 0 Å². The molecule has 3 aromatic rings. The van der Waals surface area contributed by atoms with Gasteiger partial charge in [0.2, 0.25) is 5.88 Å². The van der Waals surface area contributed by atoms with Gasteiger partial charge in [0.25, 0.3) is 11.8 Å². The number of fused-ring (bicyclic) bond motifs is 1. The molecular formula is C24H22F2N4O3. The molecule has 170 valence electrons. The molecule has 2 aromatic carbocycles. The molecule has 1 aromatic heterocycles. The lowest BCUT2D eigenvalue weighted by atomic mass is 10.0. The Morgan fingerprint density at radius 2 is 1.94 bits per heavy atom. The standard InChI is InChI=1S/C24H22F2N4O3/c25-24(26)10-12-29(15-20(24)33-21-9-8-16-4-1-2-7-19(16)28-21)22(31)17-5-3-6-18(14-17)30-13-11-27-23(30)32/h1-9,14,20H,10-13,15H2,(H,27,32). The van der Waals surface area contributed by atoms with Crippen molar-refractivity contribution in [3.63, 3.8) is 0 Å². The summed E-state index contributed by atoms with van der Waals surface area (Å²) in [5.74, 6) is -3.39. The molecule has 0 saturated carbocycles. The molecule has 2 fully saturated rings. The van der Waals surface area contributed by atoms with Gasteiger partial charge < -0.3 is 15.0 Å². The number of rotatable bonds is 4. The van der Waals surface area contributed by atoms with Gasteiger partial charge in [-0.25, -0.2) is 18.6 Å². The second-order valence-corrected chi connectivity index (χ2v) is 8.14. The third-order valence-corrected chi connectivity index (χ3v) is 5.96. The number of urea groups is 1. The van der Waals surface area contributed by atoms with Crippen molar-refractivity contribution >= 4 is 28.5 Å². The molecule has 1 N–H and O–H groups in total. The number of carbonyl (C=O) groups excluding carboxylic acids is 2. The van der Waals surface area contributed by atoms with E-state index in [1.54, 1.807) is 47.4 Å². The number of carbonyl (C=O) groups is 2. The summed E-state index contributed by atoms with van der Waals surface area (Å²) >= 11 is 0. The third-order valence-electron chi connectivity index (χ3n) is 5.96. The van der Waals surface area contributed by atoms with Crippen LogP contribution < -0.4 is 15.0 Å². The molecule has 1 unspecified atom stereocenters. The molecule has 0 spiro atoms. The first-order valence-corrected chi connectivity index (χ1v) is 10.8. The van der Waals surface area contributed by atoms with Crippen molar-refractivity contribution in [3.8, 4) is 5.88 Å². The Hall–Kier alpha value is -3.75. The van der Waals surface area contributed by atoms with E-state index in [1.807, 2.05) is 18.2 Å². The minimum Gasteiger partial charge on any atom is -0.466 e. The number of para-hydroxylation sites is 1. The number of hydrogen-bond donors (Lipinski definition) is 1. The Labute approximate surface area is 188 Å². The van der Waals surface area contributed by atoms with Gasteiger partial charge in [0.1, 0.15) is 0 Å². The van der Waals surface area contributed by atoms with E-state index in [0.717, 1.165) is 5.39 Å². The van der Waals surface area contributed by atoms with Crippen LogP contribution in [0.4, 0.5) is 19.3 Å². The fraction of sp³-hybridized carbons (Fsp3) is 0.292. The number of amides is 3. The van der Waals surface area contributed by atoms with Crippen molar-refractivity contribution < 1.29 is 23.1 Å². The van der Waals surface area contributed by atoms with E-state index in [4.69, 9.17) is 4.74 Å². The molecule has 2 aliphatic heterocycles. The van der Waals surface area contributed by atoms with Crippen LogP contribution in [-0.2, 0) is 0 Å². The monoisotopic (exact) mass is 452 g/mol. The van der Waals surface area contributed by atoms with E-state index in [-0.39, 0.29) is 30.9 Å². The van der Waals surface area contributed by atoms with Crippen molar-refractivity contribution in [1.82, 2.24) is 15.2 Å². The molecule has 5 rings (SSSR count). The number of pyridine rings is 1. The van der Waals surface area contributed by atoms with Crippen molar-refractivity contribution in [2.75, 3.05) is 31.1 Å². The maximum atomic E-state index is 14.7. The summed E-state index contributed by atoms with van der Waals surface area (Å²) in [6, 6.07) is 17.1. The quantitative estimate of drug-likeness (QED) is 0.655. The summed E-state index contributed by atoms with van der Waals surface area (Å²) in [6.45, 7) is 0.668. The average Bonchev–Trinajstić information content (AvgIpc) is 3.26. The van der Waals surface area contributed by atoms with Crippen LogP contribution in [0.3, 0.4) is 0 Å². The van der Waals surface area contributed by atoms with Gasteiger partial charge in [0, 0.05) is 48.8 Å². The lowest BCUT2D eigenvalue weighted by Crippen LogP contribution is -2.55. The van der Waals surface area contributed by atoms with Crippen molar-refractivity contribution in [1.29, 1.82) is 0 Å². The number of nitrogens with one attached hydrogen (secondary N) is 1. The van der Waals surface area contributed by atoms with E-state index >= 15 is 0 Å². The van der Waals surface area contributed by atoms with Crippen LogP contribution in [0, 0.1) is 0 Å². The largest absolute Gasteiger partial charge is 0.466 e. The molecule has 0 radical (unpaired) electrons. The molecular weight excluding hydrogens is 430 g/mol. The molecule has 0 aliphatic carbocycles. The third kappa shape index (κ3) is 4.18. The summed E-state index contributed by atoms with van der Waals surface area (Å²) in [5, 5.41) is 3.59. The van der Waals surface area contributed by atoms with Crippen LogP contribution in [0.1, 0.15) is 16.8 Å². The first kappa shape index (κ1) is 21.1. The highest BCUT2D eigenvalue weighted by molar-refractivity contribution is 5.98. The Kier molecular flexibility index (Phi) is 5.32. The maximum absolute atomic E-state index is 14.7. The number of hydrogen-bond acceptors (Lipinski definition) is 4. The molecule has 3 heterocycles. The van der Waals surface area contributed by atoms with Gasteiger partial charge in [-0.15, -0.1) is 0 Å². The summed E-state index contributed by atoms with van der Waals surface area (Å²) in [6.07, 6.45) is -2.03. The predicted octanol–water partition coefficient (Wildman–Crippen LogP) is 3.69. The second kappa shape index (κ2) is 8.31. The van der Waals surface area contributed by atoms with E-state index in [2.05, 4.69) is 10.3 Å². The molecule has 2 saturated heterocycles. The molecule has 7 nitrogen and oxygen atoms in total. The Morgan fingerprint density at radius 1 is 1.09 bits per heavy atom. The fourth-order valence-electron chi connectivity index (χ4n) is 4.14. The maximum Gasteiger partial charge on any atom is 0.321 e. The van der Waals surface area contributed by atoms with Gasteiger partial charge in [0.15, 0.2) is 6.10 Å². The van der Waals surface area contributed by atoms with Gasteiger partial charge in [-0.3, -0.25) is 9.69 Å². The van der Waals surface area contributed by atoms with E-state index in [0.29, 0.717) is 29.9 Å². The number of halogens is 2. The average molecular weight is 452 g/mol. The van der Waals surface area contributed by atoms with E-state index < -0.39 is 18.4 Å². The van der Waals surface area contributed by atoms with Crippen LogP contribution in [0.25, 0.3) is 10.9 Å². The van der Waals surface area contributed by atoms with Crippen molar-refractivity contribution in [2.24, 2.45) is 0 Å². The van der Waals surface area contributed by atoms with Gasteiger partial charge in [0.05, 0.1) is 12.1 Å². The number of ether oxygens (including phenoxy) is 1. The first-order chi connectivity index (χ1) is 15.9. The minimum absolute atomic E-state index is 0.0920.